The Labute approximate surface area is 135 Å². The molecule has 4 aromatic rings. The molecule has 0 saturated heterocycles. The van der Waals surface area contributed by atoms with E-state index in [-0.39, 0.29) is 5.91 Å². The van der Waals surface area contributed by atoms with E-state index in [9.17, 15) is 4.79 Å². The first kappa shape index (κ1) is 13.7. The van der Waals surface area contributed by atoms with Crippen LogP contribution >= 0.6 is 11.3 Å². The summed E-state index contributed by atoms with van der Waals surface area (Å²) in [7, 11) is 0. The fourth-order valence-electron chi connectivity index (χ4n) is 2.42. The molecule has 0 bridgehead atoms. The molecular formula is C16H13N5OS. The molecule has 0 fully saturated rings. The Morgan fingerprint density at radius 2 is 2.22 bits per heavy atom. The molecule has 4 rings (SSSR count). The number of carbonyl (C=O) groups is 1. The zero-order chi connectivity index (χ0) is 15.6. The van der Waals surface area contributed by atoms with Crippen LogP contribution in [0.5, 0.6) is 0 Å². The molecule has 0 radical (unpaired) electrons. The number of para-hydroxylation sites is 1. The van der Waals surface area contributed by atoms with E-state index < -0.39 is 0 Å². The summed E-state index contributed by atoms with van der Waals surface area (Å²) in [6.45, 7) is 0.336. The molecule has 114 valence electrons. The first-order chi connectivity index (χ1) is 11.3. The van der Waals surface area contributed by atoms with Gasteiger partial charge in [-0.2, -0.15) is 11.3 Å². The van der Waals surface area contributed by atoms with Crippen molar-refractivity contribution in [2.75, 3.05) is 0 Å². The van der Waals surface area contributed by atoms with Crippen LogP contribution in [0.4, 0.5) is 0 Å². The van der Waals surface area contributed by atoms with Crippen molar-refractivity contribution >= 4 is 28.1 Å². The van der Waals surface area contributed by atoms with Gasteiger partial charge in [0.25, 0.3) is 5.91 Å². The highest BCUT2D eigenvalue weighted by Gasteiger charge is 2.12. The number of hydrogen-bond donors (Lipinski definition) is 2. The SMILES string of the molecule is O=C(NCc1cn(-c2ccsc2)nn1)c1c[nH]c2ccccc12. The quantitative estimate of drug-likeness (QED) is 0.606. The first-order valence-corrected chi connectivity index (χ1v) is 8.03. The monoisotopic (exact) mass is 323 g/mol. The molecule has 2 N–H and O–H groups in total. The van der Waals surface area contributed by atoms with Crippen molar-refractivity contribution in [3.05, 3.63) is 64.7 Å². The number of rotatable bonds is 4. The molecule has 6 nitrogen and oxygen atoms in total. The molecule has 0 aliphatic heterocycles. The molecule has 23 heavy (non-hydrogen) atoms. The maximum absolute atomic E-state index is 12.3. The maximum atomic E-state index is 12.3. The van der Waals surface area contributed by atoms with Gasteiger partial charge in [0.15, 0.2) is 0 Å². The molecule has 0 saturated carbocycles. The van der Waals surface area contributed by atoms with E-state index >= 15 is 0 Å². The summed E-state index contributed by atoms with van der Waals surface area (Å²) in [5, 5.41) is 15.9. The van der Waals surface area contributed by atoms with E-state index in [0.717, 1.165) is 16.6 Å². The molecule has 1 amide bonds. The lowest BCUT2D eigenvalue weighted by molar-refractivity contribution is 0.0952. The number of aromatic nitrogens is 4. The van der Waals surface area contributed by atoms with E-state index in [1.807, 2.05) is 47.3 Å². The number of hydrogen-bond acceptors (Lipinski definition) is 4. The first-order valence-electron chi connectivity index (χ1n) is 7.09. The maximum Gasteiger partial charge on any atom is 0.253 e. The van der Waals surface area contributed by atoms with Gasteiger partial charge in [-0.25, -0.2) is 4.68 Å². The number of nitrogens with zero attached hydrogens (tertiary/aromatic N) is 3. The molecule has 0 spiro atoms. The minimum Gasteiger partial charge on any atom is -0.360 e. The van der Waals surface area contributed by atoms with E-state index in [1.165, 1.54) is 0 Å². The summed E-state index contributed by atoms with van der Waals surface area (Å²) in [6.07, 6.45) is 3.54. The normalized spacial score (nSPS) is 11.0. The third-order valence-corrected chi connectivity index (χ3v) is 4.25. The molecule has 0 unspecified atom stereocenters. The van der Waals surface area contributed by atoms with E-state index in [2.05, 4.69) is 20.6 Å². The van der Waals surface area contributed by atoms with Gasteiger partial charge in [0.2, 0.25) is 0 Å². The minimum absolute atomic E-state index is 0.132. The second-order valence-electron chi connectivity index (χ2n) is 5.07. The van der Waals surface area contributed by atoms with Crippen LogP contribution in [0, 0.1) is 0 Å². The summed E-state index contributed by atoms with van der Waals surface area (Å²) < 4.78 is 1.70. The summed E-state index contributed by atoms with van der Waals surface area (Å²) in [5.74, 6) is -0.132. The van der Waals surface area contributed by atoms with Crippen LogP contribution in [-0.4, -0.2) is 25.9 Å². The molecule has 7 heteroatoms. The van der Waals surface area contributed by atoms with E-state index in [4.69, 9.17) is 0 Å². The Morgan fingerprint density at radius 1 is 1.30 bits per heavy atom. The highest BCUT2D eigenvalue weighted by Crippen LogP contribution is 2.17. The van der Waals surface area contributed by atoms with Gasteiger partial charge in [-0.05, 0) is 17.5 Å². The lowest BCUT2D eigenvalue weighted by Gasteiger charge is -2.01. The number of H-pyrrole nitrogens is 1. The van der Waals surface area contributed by atoms with Crippen LogP contribution in [0.15, 0.2) is 53.5 Å². The van der Waals surface area contributed by atoms with Gasteiger partial charge in [0.05, 0.1) is 24.0 Å². The second kappa shape index (κ2) is 5.69. The van der Waals surface area contributed by atoms with Gasteiger partial charge < -0.3 is 10.3 Å². The molecule has 3 heterocycles. The number of carbonyl (C=O) groups excluding carboxylic acids is 1. The number of aromatic amines is 1. The molecule has 0 aliphatic rings. The van der Waals surface area contributed by atoms with Crippen LogP contribution in [0.3, 0.4) is 0 Å². The summed E-state index contributed by atoms with van der Waals surface area (Å²) in [5.41, 5.74) is 3.26. The molecule has 0 aliphatic carbocycles. The van der Waals surface area contributed by atoms with Gasteiger partial charge in [-0.15, -0.1) is 5.10 Å². The van der Waals surface area contributed by atoms with Crippen molar-refractivity contribution in [3.8, 4) is 5.69 Å². The van der Waals surface area contributed by atoms with Crippen LogP contribution in [0.1, 0.15) is 16.1 Å². The van der Waals surface area contributed by atoms with E-state index in [0.29, 0.717) is 17.8 Å². The Balaban J connectivity index is 1.48. The van der Waals surface area contributed by atoms with Crippen molar-refractivity contribution in [3.63, 3.8) is 0 Å². The third-order valence-electron chi connectivity index (χ3n) is 3.58. The van der Waals surface area contributed by atoms with Crippen LogP contribution in [0.2, 0.25) is 0 Å². The average molecular weight is 323 g/mol. The number of fused-ring (bicyclic) bond motifs is 1. The van der Waals surface area contributed by atoms with Crippen molar-refractivity contribution < 1.29 is 4.79 Å². The smallest absolute Gasteiger partial charge is 0.253 e. The second-order valence-corrected chi connectivity index (χ2v) is 5.85. The number of amides is 1. The largest absolute Gasteiger partial charge is 0.360 e. The molecular weight excluding hydrogens is 310 g/mol. The van der Waals surface area contributed by atoms with Crippen molar-refractivity contribution in [1.82, 2.24) is 25.3 Å². The van der Waals surface area contributed by atoms with E-state index in [1.54, 1.807) is 22.2 Å². The fraction of sp³-hybridized carbons (Fsp3) is 0.0625. The van der Waals surface area contributed by atoms with Crippen molar-refractivity contribution in [1.29, 1.82) is 0 Å². The Kier molecular flexibility index (Phi) is 3.39. The predicted molar refractivity (Wildman–Crippen MR) is 88.7 cm³/mol. The zero-order valence-electron chi connectivity index (χ0n) is 12.1. The Morgan fingerprint density at radius 3 is 3.09 bits per heavy atom. The topological polar surface area (TPSA) is 75.6 Å². The van der Waals surface area contributed by atoms with Gasteiger partial charge >= 0.3 is 0 Å². The highest BCUT2D eigenvalue weighted by molar-refractivity contribution is 7.08. The van der Waals surface area contributed by atoms with Gasteiger partial charge in [0.1, 0.15) is 5.69 Å². The predicted octanol–water partition coefficient (Wildman–Crippen LogP) is 2.74. The van der Waals surface area contributed by atoms with Gasteiger partial charge in [0, 0.05) is 22.5 Å². The Bertz CT molecular complexity index is 954. The van der Waals surface area contributed by atoms with Crippen molar-refractivity contribution in [2.45, 2.75) is 6.54 Å². The standard InChI is InChI=1S/C16H13N5OS/c22-16(14-8-17-15-4-2-1-3-13(14)15)18-7-11-9-21(20-19-11)12-5-6-23-10-12/h1-6,8-10,17H,7H2,(H,18,22). The van der Waals surface area contributed by atoms with Crippen LogP contribution < -0.4 is 5.32 Å². The Hall–Kier alpha value is -2.93. The molecule has 1 aromatic carbocycles. The molecule has 0 atom stereocenters. The zero-order valence-corrected chi connectivity index (χ0v) is 12.9. The number of nitrogens with one attached hydrogen (secondary N) is 2. The van der Waals surface area contributed by atoms with Crippen LogP contribution in [0.25, 0.3) is 16.6 Å². The van der Waals surface area contributed by atoms with Crippen molar-refractivity contribution in [2.24, 2.45) is 0 Å². The molecule has 3 aromatic heterocycles. The summed E-state index contributed by atoms with van der Waals surface area (Å²) in [4.78, 5) is 15.4. The minimum atomic E-state index is -0.132. The van der Waals surface area contributed by atoms with Gasteiger partial charge in [-0.3, -0.25) is 4.79 Å². The van der Waals surface area contributed by atoms with Crippen LogP contribution in [-0.2, 0) is 6.54 Å². The average Bonchev–Trinajstić information content (AvgIpc) is 3.31. The third kappa shape index (κ3) is 2.62. The number of benzene rings is 1. The lowest BCUT2D eigenvalue weighted by atomic mass is 10.1. The highest BCUT2D eigenvalue weighted by atomic mass is 32.1. The lowest BCUT2D eigenvalue weighted by Crippen LogP contribution is -2.22. The fourth-order valence-corrected chi connectivity index (χ4v) is 3.04. The number of thiophene rings is 1. The summed E-state index contributed by atoms with van der Waals surface area (Å²) in [6, 6.07) is 9.68. The summed E-state index contributed by atoms with van der Waals surface area (Å²) >= 11 is 1.60. The van der Waals surface area contributed by atoms with Gasteiger partial charge in [-0.1, -0.05) is 23.4 Å².